The van der Waals surface area contributed by atoms with Gasteiger partial charge in [0.2, 0.25) is 0 Å². The molecule has 2 unspecified atom stereocenters. The standard InChI is InChI=1S/C17H27NO/c1-3-14-7-5-9-16(11-14)18-13-15-8-6-10-17(12-15)19-4-2/h6,8,10,12,14,16,18H,3-5,7,9,11,13H2,1-2H3. The Morgan fingerprint density at radius 2 is 2.16 bits per heavy atom. The molecule has 0 radical (unpaired) electrons. The van der Waals surface area contributed by atoms with E-state index in [-0.39, 0.29) is 0 Å². The zero-order chi connectivity index (χ0) is 13.5. The number of hydrogen-bond donors (Lipinski definition) is 1. The Kier molecular flexibility index (Phi) is 5.71. The summed E-state index contributed by atoms with van der Waals surface area (Å²) in [6.45, 7) is 6.04. The zero-order valence-corrected chi connectivity index (χ0v) is 12.3. The van der Waals surface area contributed by atoms with Crippen LogP contribution in [0.2, 0.25) is 0 Å². The van der Waals surface area contributed by atoms with Crippen LogP contribution in [0.25, 0.3) is 0 Å². The van der Waals surface area contributed by atoms with Crippen molar-refractivity contribution in [2.45, 2.75) is 58.5 Å². The van der Waals surface area contributed by atoms with Crippen molar-refractivity contribution in [3.63, 3.8) is 0 Å². The number of ether oxygens (including phenoxy) is 1. The van der Waals surface area contributed by atoms with Gasteiger partial charge in [0.1, 0.15) is 5.75 Å². The van der Waals surface area contributed by atoms with Crippen LogP contribution in [0.1, 0.15) is 51.5 Å². The van der Waals surface area contributed by atoms with E-state index in [1.54, 1.807) is 0 Å². The highest BCUT2D eigenvalue weighted by molar-refractivity contribution is 5.28. The van der Waals surface area contributed by atoms with Gasteiger partial charge in [0.25, 0.3) is 0 Å². The summed E-state index contributed by atoms with van der Waals surface area (Å²) < 4.78 is 5.54. The summed E-state index contributed by atoms with van der Waals surface area (Å²) in [5, 5.41) is 3.72. The maximum absolute atomic E-state index is 5.54. The van der Waals surface area contributed by atoms with E-state index >= 15 is 0 Å². The molecule has 2 rings (SSSR count). The molecule has 0 spiro atoms. The van der Waals surface area contributed by atoms with E-state index in [0.717, 1.165) is 24.8 Å². The number of rotatable bonds is 6. The predicted molar refractivity (Wildman–Crippen MR) is 80.5 cm³/mol. The van der Waals surface area contributed by atoms with Crippen LogP contribution in [0.15, 0.2) is 24.3 Å². The molecule has 1 N–H and O–H groups in total. The Hall–Kier alpha value is -1.02. The quantitative estimate of drug-likeness (QED) is 0.831. The minimum atomic E-state index is 0.703. The van der Waals surface area contributed by atoms with Crippen LogP contribution in [-0.4, -0.2) is 12.6 Å². The van der Waals surface area contributed by atoms with Crippen molar-refractivity contribution in [1.82, 2.24) is 5.32 Å². The highest BCUT2D eigenvalue weighted by Gasteiger charge is 2.19. The Balaban J connectivity index is 1.82. The van der Waals surface area contributed by atoms with Crippen molar-refractivity contribution in [3.8, 4) is 5.75 Å². The monoisotopic (exact) mass is 261 g/mol. The number of hydrogen-bond acceptors (Lipinski definition) is 2. The second-order valence-electron chi connectivity index (χ2n) is 5.60. The first-order valence-corrected chi connectivity index (χ1v) is 7.77. The Morgan fingerprint density at radius 3 is 2.95 bits per heavy atom. The molecule has 1 aliphatic carbocycles. The minimum Gasteiger partial charge on any atom is -0.494 e. The van der Waals surface area contributed by atoms with Gasteiger partial charge in [-0.25, -0.2) is 0 Å². The molecule has 0 aromatic heterocycles. The molecule has 106 valence electrons. The van der Waals surface area contributed by atoms with Crippen molar-refractivity contribution in [2.75, 3.05) is 6.61 Å². The Labute approximate surface area is 117 Å². The first-order valence-electron chi connectivity index (χ1n) is 7.77. The average Bonchev–Trinajstić information content (AvgIpc) is 2.46. The maximum Gasteiger partial charge on any atom is 0.119 e. The normalized spacial score (nSPS) is 23.3. The van der Waals surface area contributed by atoms with Crippen molar-refractivity contribution in [2.24, 2.45) is 5.92 Å². The Morgan fingerprint density at radius 1 is 1.26 bits per heavy atom. The Bertz CT molecular complexity index is 377. The molecule has 2 heteroatoms. The van der Waals surface area contributed by atoms with Gasteiger partial charge < -0.3 is 10.1 Å². The third-order valence-electron chi connectivity index (χ3n) is 4.16. The summed E-state index contributed by atoms with van der Waals surface area (Å²) in [5.74, 6) is 1.91. The van der Waals surface area contributed by atoms with E-state index in [1.807, 2.05) is 13.0 Å². The average molecular weight is 261 g/mol. The molecule has 0 amide bonds. The molecule has 1 saturated carbocycles. The molecule has 0 saturated heterocycles. The zero-order valence-electron chi connectivity index (χ0n) is 12.3. The number of nitrogens with one attached hydrogen (secondary N) is 1. The summed E-state index contributed by atoms with van der Waals surface area (Å²) in [5.41, 5.74) is 1.32. The topological polar surface area (TPSA) is 21.3 Å². The summed E-state index contributed by atoms with van der Waals surface area (Å²) in [7, 11) is 0. The van der Waals surface area contributed by atoms with E-state index in [1.165, 1.54) is 37.7 Å². The lowest BCUT2D eigenvalue weighted by Gasteiger charge is -2.29. The molecule has 1 aromatic carbocycles. The molecule has 2 nitrogen and oxygen atoms in total. The molecule has 1 aromatic rings. The summed E-state index contributed by atoms with van der Waals surface area (Å²) in [6, 6.07) is 9.14. The second kappa shape index (κ2) is 7.54. The summed E-state index contributed by atoms with van der Waals surface area (Å²) in [4.78, 5) is 0. The van der Waals surface area contributed by atoms with E-state index in [0.29, 0.717) is 6.04 Å². The molecule has 19 heavy (non-hydrogen) atoms. The van der Waals surface area contributed by atoms with Gasteiger partial charge in [0, 0.05) is 12.6 Å². The van der Waals surface area contributed by atoms with E-state index in [9.17, 15) is 0 Å². The van der Waals surface area contributed by atoms with Crippen molar-refractivity contribution in [3.05, 3.63) is 29.8 Å². The summed E-state index contributed by atoms with van der Waals surface area (Å²) in [6.07, 6.45) is 6.82. The fraction of sp³-hybridized carbons (Fsp3) is 0.647. The van der Waals surface area contributed by atoms with E-state index in [4.69, 9.17) is 4.74 Å². The molecular weight excluding hydrogens is 234 g/mol. The molecule has 0 heterocycles. The van der Waals surface area contributed by atoms with Gasteiger partial charge in [-0.1, -0.05) is 38.3 Å². The van der Waals surface area contributed by atoms with Crippen LogP contribution in [0.3, 0.4) is 0 Å². The van der Waals surface area contributed by atoms with Gasteiger partial charge in [-0.05, 0) is 43.4 Å². The predicted octanol–water partition coefficient (Wildman–Crippen LogP) is 4.14. The first-order chi connectivity index (χ1) is 9.31. The summed E-state index contributed by atoms with van der Waals surface area (Å²) >= 11 is 0. The lowest BCUT2D eigenvalue weighted by atomic mass is 9.84. The third kappa shape index (κ3) is 4.54. The lowest BCUT2D eigenvalue weighted by Crippen LogP contribution is -2.33. The van der Waals surface area contributed by atoms with Gasteiger partial charge in [0.05, 0.1) is 6.61 Å². The van der Waals surface area contributed by atoms with E-state index in [2.05, 4.69) is 30.4 Å². The smallest absolute Gasteiger partial charge is 0.119 e. The molecule has 0 bridgehead atoms. The second-order valence-corrected chi connectivity index (χ2v) is 5.60. The van der Waals surface area contributed by atoms with Crippen LogP contribution >= 0.6 is 0 Å². The van der Waals surface area contributed by atoms with Gasteiger partial charge in [-0.2, -0.15) is 0 Å². The van der Waals surface area contributed by atoms with Crippen LogP contribution in [-0.2, 0) is 6.54 Å². The van der Waals surface area contributed by atoms with Crippen LogP contribution < -0.4 is 10.1 Å². The maximum atomic E-state index is 5.54. The van der Waals surface area contributed by atoms with E-state index < -0.39 is 0 Å². The van der Waals surface area contributed by atoms with Crippen LogP contribution in [0, 0.1) is 5.92 Å². The van der Waals surface area contributed by atoms with Gasteiger partial charge in [-0.15, -0.1) is 0 Å². The third-order valence-corrected chi connectivity index (χ3v) is 4.16. The molecular formula is C17H27NO. The lowest BCUT2D eigenvalue weighted by molar-refractivity contribution is 0.278. The fourth-order valence-corrected chi connectivity index (χ4v) is 3.02. The van der Waals surface area contributed by atoms with Crippen molar-refractivity contribution < 1.29 is 4.74 Å². The van der Waals surface area contributed by atoms with Gasteiger partial charge in [0.15, 0.2) is 0 Å². The molecule has 2 atom stereocenters. The number of benzene rings is 1. The first kappa shape index (κ1) is 14.4. The fourth-order valence-electron chi connectivity index (χ4n) is 3.02. The van der Waals surface area contributed by atoms with Gasteiger partial charge in [-0.3, -0.25) is 0 Å². The van der Waals surface area contributed by atoms with Gasteiger partial charge >= 0.3 is 0 Å². The molecule has 1 aliphatic rings. The highest BCUT2D eigenvalue weighted by Crippen LogP contribution is 2.26. The molecule has 1 fully saturated rings. The van der Waals surface area contributed by atoms with Crippen LogP contribution in [0.5, 0.6) is 5.75 Å². The SMILES string of the molecule is CCOc1cccc(CNC2CCCC(CC)C2)c1. The molecule has 0 aliphatic heterocycles. The van der Waals surface area contributed by atoms with Crippen molar-refractivity contribution in [1.29, 1.82) is 0 Å². The largest absolute Gasteiger partial charge is 0.494 e. The van der Waals surface area contributed by atoms with Crippen LogP contribution in [0.4, 0.5) is 0 Å². The minimum absolute atomic E-state index is 0.703. The highest BCUT2D eigenvalue weighted by atomic mass is 16.5. The van der Waals surface area contributed by atoms with Crippen molar-refractivity contribution >= 4 is 0 Å².